The summed E-state index contributed by atoms with van der Waals surface area (Å²) in [4.78, 5) is 25.5. The Kier molecular flexibility index (Phi) is 4.94. The number of benzene rings is 1. The van der Waals surface area contributed by atoms with Crippen LogP contribution in [0, 0.1) is 23.2 Å². The number of hydrogen-bond donors (Lipinski definition) is 0. The molecular weight excluding hydrogens is 268 g/mol. The van der Waals surface area contributed by atoms with Gasteiger partial charge >= 0.3 is 5.97 Å². The fraction of sp³-hybridized carbons (Fsp3) is 0.438. The van der Waals surface area contributed by atoms with Crippen LogP contribution in [0.25, 0.3) is 0 Å². The molecule has 1 aliphatic rings. The van der Waals surface area contributed by atoms with Gasteiger partial charge in [-0.2, -0.15) is 5.26 Å². The Bertz CT molecular complexity index is 550. The normalized spacial score (nSPS) is 18.9. The zero-order valence-corrected chi connectivity index (χ0v) is 12.0. The van der Waals surface area contributed by atoms with E-state index in [9.17, 15) is 14.9 Å². The van der Waals surface area contributed by atoms with Gasteiger partial charge in [0.2, 0.25) is 5.91 Å². The van der Waals surface area contributed by atoms with Crippen molar-refractivity contribution in [1.29, 1.82) is 5.26 Å². The van der Waals surface area contributed by atoms with Crippen LogP contribution < -0.4 is 0 Å². The maximum Gasteiger partial charge on any atom is 0.310 e. The minimum Gasteiger partial charge on any atom is -0.469 e. The fourth-order valence-corrected chi connectivity index (χ4v) is 2.58. The summed E-state index contributed by atoms with van der Waals surface area (Å²) in [5, 5.41) is 9.25. The summed E-state index contributed by atoms with van der Waals surface area (Å²) >= 11 is 0. The molecule has 0 aromatic heterocycles. The molecule has 1 fully saturated rings. The van der Waals surface area contributed by atoms with Gasteiger partial charge in [-0.1, -0.05) is 30.3 Å². The van der Waals surface area contributed by atoms with Crippen LogP contribution in [-0.2, 0) is 20.7 Å². The van der Waals surface area contributed by atoms with Crippen LogP contribution in [0.4, 0.5) is 0 Å². The first-order valence-corrected chi connectivity index (χ1v) is 6.96. The van der Waals surface area contributed by atoms with E-state index in [1.807, 2.05) is 30.3 Å². The van der Waals surface area contributed by atoms with E-state index in [0.717, 1.165) is 5.56 Å². The van der Waals surface area contributed by atoms with Crippen molar-refractivity contribution in [2.45, 2.75) is 12.8 Å². The number of nitrogens with zero attached hydrogens (tertiary/aromatic N) is 2. The number of ether oxygens (including phenoxy) is 1. The molecule has 1 heterocycles. The van der Waals surface area contributed by atoms with Crippen molar-refractivity contribution in [3.63, 3.8) is 0 Å². The summed E-state index contributed by atoms with van der Waals surface area (Å²) in [6.07, 6.45) is 0.997. The molecule has 0 radical (unpaired) electrons. The van der Waals surface area contributed by atoms with Gasteiger partial charge in [-0.25, -0.2) is 0 Å². The lowest BCUT2D eigenvalue weighted by molar-refractivity contribution is -0.145. The van der Waals surface area contributed by atoms with Crippen LogP contribution in [0.1, 0.15) is 12.0 Å². The SMILES string of the molecule is COC(=O)C1CCN(C(=O)C(C#N)Cc2ccccc2)C1. The Morgan fingerprint density at radius 2 is 2.14 bits per heavy atom. The molecule has 1 aromatic carbocycles. The number of carbonyl (C=O) groups excluding carboxylic acids is 2. The quantitative estimate of drug-likeness (QED) is 0.784. The third kappa shape index (κ3) is 3.60. The lowest BCUT2D eigenvalue weighted by Gasteiger charge is -2.19. The molecule has 0 N–H and O–H groups in total. The molecule has 1 amide bonds. The molecule has 1 aliphatic heterocycles. The minimum atomic E-state index is -0.705. The second-order valence-corrected chi connectivity index (χ2v) is 5.16. The van der Waals surface area contributed by atoms with Crippen molar-refractivity contribution in [2.24, 2.45) is 11.8 Å². The number of likely N-dealkylation sites (tertiary alicyclic amines) is 1. The molecule has 5 nitrogen and oxygen atoms in total. The van der Waals surface area contributed by atoms with Gasteiger partial charge in [0.1, 0.15) is 5.92 Å². The largest absolute Gasteiger partial charge is 0.469 e. The minimum absolute atomic E-state index is 0.201. The van der Waals surface area contributed by atoms with Gasteiger partial charge in [-0.15, -0.1) is 0 Å². The second kappa shape index (κ2) is 6.89. The number of nitriles is 1. The van der Waals surface area contributed by atoms with Crippen molar-refractivity contribution < 1.29 is 14.3 Å². The smallest absolute Gasteiger partial charge is 0.310 e. The topological polar surface area (TPSA) is 70.4 Å². The van der Waals surface area contributed by atoms with Crippen LogP contribution in [0.15, 0.2) is 30.3 Å². The van der Waals surface area contributed by atoms with E-state index in [1.54, 1.807) is 4.90 Å². The molecule has 21 heavy (non-hydrogen) atoms. The van der Waals surface area contributed by atoms with E-state index < -0.39 is 5.92 Å². The second-order valence-electron chi connectivity index (χ2n) is 5.16. The first kappa shape index (κ1) is 15.0. The highest BCUT2D eigenvalue weighted by Gasteiger charge is 2.34. The van der Waals surface area contributed by atoms with E-state index in [-0.39, 0.29) is 17.8 Å². The maximum absolute atomic E-state index is 12.4. The zero-order chi connectivity index (χ0) is 15.2. The third-order valence-corrected chi connectivity index (χ3v) is 3.77. The Hall–Kier alpha value is -2.35. The highest BCUT2D eigenvalue weighted by atomic mass is 16.5. The molecule has 2 unspecified atom stereocenters. The predicted octanol–water partition coefficient (Wildman–Crippen LogP) is 1.39. The fourth-order valence-electron chi connectivity index (χ4n) is 2.58. The van der Waals surface area contributed by atoms with Gasteiger partial charge in [0.05, 0.1) is 19.1 Å². The summed E-state index contributed by atoms with van der Waals surface area (Å²) in [6.45, 7) is 0.851. The number of carbonyl (C=O) groups is 2. The molecule has 5 heteroatoms. The van der Waals surface area contributed by atoms with Crippen molar-refractivity contribution in [2.75, 3.05) is 20.2 Å². The first-order chi connectivity index (χ1) is 10.2. The van der Waals surface area contributed by atoms with Gasteiger partial charge in [0, 0.05) is 13.1 Å². The third-order valence-electron chi connectivity index (χ3n) is 3.77. The molecule has 0 saturated carbocycles. The lowest BCUT2D eigenvalue weighted by atomic mass is 9.99. The number of rotatable bonds is 4. The highest BCUT2D eigenvalue weighted by molar-refractivity contribution is 5.83. The van der Waals surface area contributed by atoms with Crippen LogP contribution in [0.5, 0.6) is 0 Å². The number of esters is 1. The zero-order valence-electron chi connectivity index (χ0n) is 12.0. The lowest BCUT2D eigenvalue weighted by Crippen LogP contribution is -2.35. The molecule has 0 aliphatic carbocycles. The summed E-state index contributed by atoms with van der Waals surface area (Å²) in [5.74, 6) is -1.46. The summed E-state index contributed by atoms with van der Waals surface area (Å²) in [5.41, 5.74) is 0.959. The van der Waals surface area contributed by atoms with Crippen molar-refractivity contribution >= 4 is 11.9 Å². The van der Waals surface area contributed by atoms with Gasteiger partial charge in [-0.05, 0) is 18.4 Å². The van der Waals surface area contributed by atoms with E-state index in [0.29, 0.717) is 25.9 Å². The van der Waals surface area contributed by atoms with Crippen molar-refractivity contribution in [3.05, 3.63) is 35.9 Å². The average molecular weight is 286 g/mol. The number of hydrogen-bond acceptors (Lipinski definition) is 4. The molecular formula is C16H18N2O3. The molecule has 2 rings (SSSR count). The maximum atomic E-state index is 12.4. The standard InChI is InChI=1S/C16H18N2O3/c1-21-16(20)13-7-8-18(11-13)15(19)14(10-17)9-12-5-3-2-4-6-12/h2-6,13-14H,7-9,11H2,1H3. The average Bonchev–Trinajstić information content (AvgIpc) is 3.02. The summed E-state index contributed by atoms with van der Waals surface area (Å²) in [7, 11) is 1.35. The van der Waals surface area contributed by atoms with E-state index in [4.69, 9.17) is 4.74 Å². The van der Waals surface area contributed by atoms with Gasteiger partial charge in [0.25, 0.3) is 0 Å². The highest BCUT2D eigenvalue weighted by Crippen LogP contribution is 2.21. The van der Waals surface area contributed by atoms with Crippen LogP contribution in [0.3, 0.4) is 0 Å². The van der Waals surface area contributed by atoms with Crippen LogP contribution in [0.2, 0.25) is 0 Å². The Morgan fingerprint density at radius 1 is 1.43 bits per heavy atom. The summed E-state index contributed by atoms with van der Waals surface area (Å²) < 4.78 is 4.70. The van der Waals surface area contributed by atoms with Crippen molar-refractivity contribution in [1.82, 2.24) is 4.90 Å². The Morgan fingerprint density at radius 3 is 2.76 bits per heavy atom. The van der Waals surface area contributed by atoms with E-state index >= 15 is 0 Å². The predicted molar refractivity (Wildman–Crippen MR) is 76.0 cm³/mol. The molecule has 110 valence electrons. The monoisotopic (exact) mass is 286 g/mol. The Balaban J connectivity index is 1.98. The van der Waals surface area contributed by atoms with Gasteiger partial charge < -0.3 is 9.64 Å². The first-order valence-electron chi connectivity index (χ1n) is 6.96. The van der Waals surface area contributed by atoms with Gasteiger partial charge in [-0.3, -0.25) is 9.59 Å². The van der Waals surface area contributed by atoms with Crippen LogP contribution in [-0.4, -0.2) is 37.0 Å². The number of methoxy groups -OCH3 is 1. The summed E-state index contributed by atoms with van der Waals surface area (Å²) in [6, 6.07) is 11.6. The van der Waals surface area contributed by atoms with E-state index in [1.165, 1.54) is 7.11 Å². The van der Waals surface area contributed by atoms with Gasteiger partial charge in [0.15, 0.2) is 0 Å². The van der Waals surface area contributed by atoms with E-state index in [2.05, 4.69) is 6.07 Å². The molecule has 1 aromatic rings. The van der Waals surface area contributed by atoms with Crippen LogP contribution >= 0.6 is 0 Å². The van der Waals surface area contributed by atoms with Crippen molar-refractivity contribution in [3.8, 4) is 6.07 Å². The Labute approximate surface area is 124 Å². The molecule has 0 bridgehead atoms. The molecule has 1 saturated heterocycles. The molecule has 0 spiro atoms. The number of amides is 1. The molecule has 2 atom stereocenters.